The molecule has 3 aromatic heterocycles. The first-order valence-corrected chi connectivity index (χ1v) is 14.7. The normalized spacial score (nSPS) is 26.9. The maximum Gasteiger partial charge on any atom is 0.167 e. The number of rotatable bonds is 8. The van der Waals surface area contributed by atoms with Crippen molar-refractivity contribution >= 4 is 28.0 Å². The molecule has 0 spiro atoms. The monoisotopic (exact) mass is 578 g/mol. The standard InChI is InChI=1S/C30H42N8O4/c1-29(2,3)17-7-8-19-20(12-17)36-22(35-19)9-6-16-10-18(11-16)38(30(4,5)41)13-21-24(39)25(40)28(42-21)37-15-34-23-26(31)32-14-33-27(23)37/h7-8,12,14-16,18,21,24-25,28,39-41H,6,9-11,13H2,1-5H3,(H,35,36)(H2,31,32,33)/t16?,18?,21-,24-,25-,28-/m1/s1. The highest BCUT2D eigenvalue weighted by atomic mass is 16.6. The first-order chi connectivity index (χ1) is 19.8. The van der Waals surface area contributed by atoms with Crippen molar-refractivity contribution in [1.29, 1.82) is 0 Å². The molecule has 4 atom stereocenters. The Morgan fingerprint density at radius 3 is 2.57 bits per heavy atom. The van der Waals surface area contributed by atoms with Crippen LogP contribution in [0, 0.1) is 5.92 Å². The molecule has 226 valence electrons. The smallest absolute Gasteiger partial charge is 0.167 e. The van der Waals surface area contributed by atoms with E-state index in [0.717, 1.165) is 42.5 Å². The number of nitrogens with two attached hydrogens (primary N) is 1. The van der Waals surface area contributed by atoms with Crippen LogP contribution in [-0.2, 0) is 16.6 Å². The first kappa shape index (κ1) is 28.9. The molecule has 4 heterocycles. The molecule has 1 aliphatic heterocycles. The molecule has 1 saturated carbocycles. The molecule has 0 unspecified atom stereocenters. The predicted molar refractivity (Wildman–Crippen MR) is 158 cm³/mol. The van der Waals surface area contributed by atoms with Crippen LogP contribution in [0.2, 0.25) is 0 Å². The molecular formula is C30H42N8O4. The van der Waals surface area contributed by atoms with Gasteiger partial charge in [-0.2, -0.15) is 0 Å². The Labute approximate surface area is 245 Å². The summed E-state index contributed by atoms with van der Waals surface area (Å²) in [6.45, 7) is 10.4. The molecule has 42 heavy (non-hydrogen) atoms. The minimum atomic E-state index is -1.20. The third-order valence-electron chi connectivity index (χ3n) is 8.92. The molecule has 0 radical (unpaired) electrons. The molecule has 0 amide bonds. The van der Waals surface area contributed by atoms with Gasteiger partial charge in [0.1, 0.15) is 41.7 Å². The van der Waals surface area contributed by atoms with E-state index in [2.05, 4.69) is 58.9 Å². The Kier molecular flexibility index (Phi) is 7.25. The van der Waals surface area contributed by atoms with Gasteiger partial charge in [-0.25, -0.2) is 19.9 Å². The molecule has 1 saturated heterocycles. The largest absolute Gasteiger partial charge is 0.387 e. The van der Waals surface area contributed by atoms with Gasteiger partial charge in [-0.15, -0.1) is 0 Å². The average molecular weight is 579 g/mol. The van der Waals surface area contributed by atoms with Crippen LogP contribution in [0.15, 0.2) is 30.9 Å². The van der Waals surface area contributed by atoms with E-state index < -0.39 is 30.3 Å². The molecule has 0 bridgehead atoms. The summed E-state index contributed by atoms with van der Waals surface area (Å²) in [6.07, 6.45) is 2.55. The summed E-state index contributed by atoms with van der Waals surface area (Å²) >= 11 is 0. The van der Waals surface area contributed by atoms with Crippen LogP contribution in [0.3, 0.4) is 0 Å². The number of imidazole rings is 2. The fourth-order valence-corrected chi connectivity index (χ4v) is 6.36. The maximum atomic E-state index is 11.1. The van der Waals surface area contributed by atoms with Crippen LogP contribution in [0.1, 0.15) is 71.5 Å². The lowest BCUT2D eigenvalue weighted by atomic mass is 9.76. The lowest BCUT2D eigenvalue weighted by Crippen LogP contribution is -2.58. The van der Waals surface area contributed by atoms with E-state index in [1.807, 2.05) is 4.90 Å². The van der Waals surface area contributed by atoms with Gasteiger partial charge < -0.3 is 30.8 Å². The van der Waals surface area contributed by atoms with Gasteiger partial charge in [0.05, 0.1) is 17.4 Å². The lowest BCUT2D eigenvalue weighted by Gasteiger charge is -2.49. The second-order valence-electron chi connectivity index (χ2n) is 13.5. The fourth-order valence-electron chi connectivity index (χ4n) is 6.36. The molecule has 2 aliphatic rings. The average Bonchev–Trinajstić information content (AvgIpc) is 3.57. The molecule has 1 aliphatic carbocycles. The van der Waals surface area contributed by atoms with E-state index in [1.54, 1.807) is 18.4 Å². The SMILES string of the molecule is CC(C)(C)c1ccc2nc(CCC3CC(N(C[C@H]4O[C@@H](n5cnc6c(N)ncnc65)[C@H](O)[C@@H]4O)C(C)(C)O)C3)[nH]c2c1. The number of H-pyrrole nitrogens is 1. The van der Waals surface area contributed by atoms with E-state index in [0.29, 0.717) is 17.1 Å². The van der Waals surface area contributed by atoms with Crippen molar-refractivity contribution < 1.29 is 20.1 Å². The number of aliphatic hydroxyl groups is 3. The third kappa shape index (κ3) is 5.37. The van der Waals surface area contributed by atoms with E-state index in [1.165, 1.54) is 18.2 Å². The molecule has 12 nitrogen and oxygen atoms in total. The van der Waals surface area contributed by atoms with E-state index >= 15 is 0 Å². The van der Waals surface area contributed by atoms with Gasteiger partial charge in [-0.1, -0.05) is 26.8 Å². The number of aliphatic hydroxyl groups excluding tert-OH is 2. The van der Waals surface area contributed by atoms with Crippen molar-refractivity contribution in [2.45, 2.75) is 102 Å². The van der Waals surface area contributed by atoms with Crippen LogP contribution in [0.5, 0.6) is 0 Å². The first-order valence-electron chi connectivity index (χ1n) is 14.7. The molecular weight excluding hydrogens is 536 g/mol. The van der Waals surface area contributed by atoms with Gasteiger partial charge in [-0.3, -0.25) is 9.47 Å². The Morgan fingerprint density at radius 2 is 1.86 bits per heavy atom. The molecule has 6 N–H and O–H groups in total. The summed E-state index contributed by atoms with van der Waals surface area (Å²) in [5.41, 5.74) is 9.04. The van der Waals surface area contributed by atoms with Gasteiger partial charge in [0.2, 0.25) is 0 Å². The van der Waals surface area contributed by atoms with Gasteiger partial charge in [0.25, 0.3) is 0 Å². The molecule has 1 aromatic carbocycles. The zero-order chi connectivity index (χ0) is 30.0. The third-order valence-corrected chi connectivity index (χ3v) is 8.92. The van der Waals surface area contributed by atoms with Crippen LogP contribution < -0.4 is 5.73 Å². The zero-order valence-electron chi connectivity index (χ0n) is 24.9. The zero-order valence-corrected chi connectivity index (χ0v) is 24.9. The number of nitrogens with zero attached hydrogens (tertiary/aromatic N) is 6. The Balaban J connectivity index is 1.08. The Morgan fingerprint density at radius 1 is 1.10 bits per heavy atom. The molecule has 4 aromatic rings. The number of aromatic nitrogens is 6. The van der Waals surface area contributed by atoms with Crippen LogP contribution >= 0.6 is 0 Å². The van der Waals surface area contributed by atoms with Crippen molar-refractivity contribution in [2.24, 2.45) is 5.92 Å². The van der Waals surface area contributed by atoms with E-state index in [4.69, 9.17) is 15.5 Å². The number of aryl methyl sites for hydroxylation is 1. The topological polar surface area (TPSA) is 171 Å². The van der Waals surface area contributed by atoms with Gasteiger partial charge >= 0.3 is 0 Å². The summed E-state index contributed by atoms with van der Waals surface area (Å²) < 4.78 is 7.74. The number of anilines is 1. The minimum absolute atomic E-state index is 0.0860. The highest BCUT2D eigenvalue weighted by Gasteiger charge is 2.48. The number of hydrogen-bond acceptors (Lipinski definition) is 10. The number of nitrogens with one attached hydrogen (secondary N) is 1. The maximum absolute atomic E-state index is 11.1. The number of hydrogen-bond donors (Lipinski definition) is 5. The number of fused-ring (bicyclic) bond motifs is 2. The summed E-state index contributed by atoms with van der Waals surface area (Å²) in [5.74, 6) is 1.74. The molecule has 6 rings (SSSR count). The highest BCUT2D eigenvalue weighted by molar-refractivity contribution is 5.81. The van der Waals surface area contributed by atoms with E-state index in [-0.39, 0.29) is 23.8 Å². The van der Waals surface area contributed by atoms with Gasteiger partial charge in [0.15, 0.2) is 17.7 Å². The quantitative estimate of drug-likeness (QED) is 0.196. The summed E-state index contributed by atoms with van der Waals surface area (Å²) in [6, 6.07) is 6.58. The summed E-state index contributed by atoms with van der Waals surface area (Å²) in [4.78, 5) is 22.7. The van der Waals surface area contributed by atoms with Crippen molar-refractivity contribution in [3.63, 3.8) is 0 Å². The van der Waals surface area contributed by atoms with Crippen molar-refractivity contribution in [3.8, 4) is 0 Å². The number of benzene rings is 1. The van der Waals surface area contributed by atoms with Gasteiger partial charge in [-0.05, 0) is 62.1 Å². The van der Waals surface area contributed by atoms with Crippen LogP contribution in [0.4, 0.5) is 5.82 Å². The lowest BCUT2D eigenvalue weighted by molar-refractivity contribution is -0.151. The highest BCUT2D eigenvalue weighted by Crippen LogP contribution is 2.40. The molecule has 2 fully saturated rings. The number of aromatic amines is 1. The Hall–Kier alpha value is -3.16. The van der Waals surface area contributed by atoms with Crippen molar-refractivity contribution in [3.05, 3.63) is 42.2 Å². The van der Waals surface area contributed by atoms with E-state index in [9.17, 15) is 15.3 Å². The summed E-state index contributed by atoms with van der Waals surface area (Å²) in [7, 11) is 0. The second kappa shape index (κ2) is 10.5. The summed E-state index contributed by atoms with van der Waals surface area (Å²) in [5, 5.41) is 32.9. The van der Waals surface area contributed by atoms with Crippen LogP contribution in [-0.4, -0.2) is 86.3 Å². The van der Waals surface area contributed by atoms with Crippen molar-refractivity contribution in [1.82, 2.24) is 34.4 Å². The van der Waals surface area contributed by atoms with Crippen LogP contribution in [0.25, 0.3) is 22.2 Å². The number of nitrogen functional groups attached to an aromatic ring is 1. The Bertz CT molecular complexity index is 1570. The fraction of sp³-hybridized carbons (Fsp3) is 0.600. The predicted octanol–water partition coefficient (Wildman–Crippen LogP) is 2.64. The van der Waals surface area contributed by atoms with Gasteiger partial charge in [0, 0.05) is 19.0 Å². The second-order valence-corrected chi connectivity index (χ2v) is 13.5. The number of ether oxygens (including phenoxy) is 1. The minimum Gasteiger partial charge on any atom is -0.387 e. The molecule has 12 heteroatoms. The van der Waals surface area contributed by atoms with Crippen molar-refractivity contribution in [2.75, 3.05) is 12.3 Å².